The van der Waals surface area contributed by atoms with Crippen molar-refractivity contribution >= 4 is 11.6 Å². The van der Waals surface area contributed by atoms with E-state index in [9.17, 15) is 4.79 Å². The number of likely N-dealkylation sites (tertiary alicyclic amines) is 1. The van der Waals surface area contributed by atoms with Crippen molar-refractivity contribution < 1.29 is 4.79 Å². The fourth-order valence-electron chi connectivity index (χ4n) is 3.14. The highest BCUT2D eigenvalue weighted by Gasteiger charge is 2.37. The van der Waals surface area contributed by atoms with Gasteiger partial charge in [-0.2, -0.15) is 5.10 Å². The number of carbonyl (C=O) groups excluding carboxylic acids is 1. The van der Waals surface area contributed by atoms with Crippen molar-refractivity contribution in [1.82, 2.24) is 14.7 Å². The maximum Gasteiger partial charge on any atom is 0.244 e. The van der Waals surface area contributed by atoms with E-state index in [-0.39, 0.29) is 5.91 Å². The number of hydrogen-bond donors (Lipinski definition) is 1. The summed E-state index contributed by atoms with van der Waals surface area (Å²) in [5.41, 5.74) is 6.18. The molecule has 1 aliphatic heterocycles. The monoisotopic (exact) mass is 234 g/mol. The summed E-state index contributed by atoms with van der Waals surface area (Å²) in [6.07, 6.45) is 7.21. The third-order valence-corrected chi connectivity index (χ3v) is 4.03. The molecule has 2 fully saturated rings. The fraction of sp³-hybridized carbons (Fsp3) is 0.667. The molecule has 2 atom stereocenters. The van der Waals surface area contributed by atoms with Crippen LogP contribution in [0.3, 0.4) is 0 Å². The van der Waals surface area contributed by atoms with Crippen LogP contribution in [0.4, 0.5) is 5.69 Å². The van der Waals surface area contributed by atoms with Gasteiger partial charge in [-0.1, -0.05) is 6.42 Å². The van der Waals surface area contributed by atoms with Crippen molar-refractivity contribution in [3.05, 3.63) is 12.4 Å². The van der Waals surface area contributed by atoms with Gasteiger partial charge in [0.2, 0.25) is 5.91 Å². The average molecular weight is 234 g/mol. The Hall–Kier alpha value is -1.52. The number of nitrogen functional groups attached to an aromatic ring is 1. The highest BCUT2D eigenvalue weighted by molar-refractivity contribution is 5.76. The summed E-state index contributed by atoms with van der Waals surface area (Å²) in [6, 6.07) is 0. The summed E-state index contributed by atoms with van der Waals surface area (Å²) in [7, 11) is 0. The molecule has 3 rings (SSSR count). The maximum atomic E-state index is 12.1. The number of nitrogens with two attached hydrogens (primary N) is 1. The first-order chi connectivity index (χ1) is 8.22. The Bertz CT molecular complexity index is 416. The molecule has 1 aromatic rings. The highest BCUT2D eigenvalue weighted by atomic mass is 16.2. The van der Waals surface area contributed by atoms with Gasteiger partial charge >= 0.3 is 0 Å². The molecule has 2 N–H and O–H groups in total. The van der Waals surface area contributed by atoms with Gasteiger partial charge in [-0.15, -0.1) is 0 Å². The second kappa shape index (κ2) is 4.05. The molecule has 5 heteroatoms. The zero-order chi connectivity index (χ0) is 11.8. The summed E-state index contributed by atoms with van der Waals surface area (Å²) in [6.45, 7) is 2.21. The Kier molecular flexibility index (Phi) is 2.53. The molecule has 2 unspecified atom stereocenters. The van der Waals surface area contributed by atoms with Gasteiger partial charge in [0.1, 0.15) is 6.54 Å². The number of amides is 1. The first-order valence-electron chi connectivity index (χ1n) is 6.28. The summed E-state index contributed by atoms with van der Waals surface area (Å²) >= 11 is 0. The minimum atomic E-state index is 0.169. The third-order valence-electron chi connectivity index (χ3n) is 4.03. The highest BCUT2D eigenvalue weighted by Crippen LogP contribution is 2.37. The van der Waals surface area contributed by atoms with Crippen LogP contribution in [0.25, 0.3) is 0 Å². The van der Waals surface area contributed by atoms with E-state index in [0.717, 1.165) is 24.9 Å². The largest absolute Gasteiger partial charge is 0.396 e. The molecule has 1 amide bonds. The predicted molar refractivity (Wildman–Crippen MR) is 64.1 cm³/mol. The lowest BCUT2D eigenvalue weighted by molar-refractivity contribution is -0.131. The zero-order valence-electron chi connectivity index (χ0n) is 9.88. The van der Waals surface area contributed by atoms with Gasteiger partial charge < -0.3 is 10.6 Å². The van der Waals surface area contributed by atoms with Crippen molar-refractivity contribution in [2.75, 3.05) is 18.8 Å². The van der Waals surface area contributed by atoms with Crippen molar-refractivity contribution in [3.63, 3.8) is 0 Å². The maximum absolute atomic E-state index is 12.1. The standard InChI is InChI=1S/C12H18N4O/c13-11-4-14-16(7-11)8-12(17)15-5-9-2-1-3-10(9)6-15/h4,7,9-10H,1-3,5-6,8,13H2. The van der Waals surface area contributed by atoms with Gasteiger partial charge in [-0.05, 0) is 24.7 Å². The van der Waals surface area contributed by atoms with E-state index in [1.54, 1.807) is 17.1 Å². The van der Waals surface area contributed by atoms with Gasteiger partial charge in [-0.25, -0.2) is 0 Å². The second-order valence-corrected chi connectivity index (χ2v) is 5.22. The number of hydrogen-bond acceptors (Lipinski definition) is 3. The Balaban J connectivity index is 1.60. The fourth-order valence-corrected chi connectivity index (χ4v) is 3.14. The number of nitrogens with zero attached hydrogens (tertiary/aromatic N) is 3. The molecular weight excluding hydrogens is 216 g/mol. The molecule has 17 heavy (non-hydrogen) atoms. The number of fused-ring (bicyclic) bond motifs is 1. The quantitative estimate of drug-likeness (QED) is 0.820. The Morgan fingerprint density at radius 1 is 1.41 bits per heavy atom. The molecule has 1 aromatic heterocycles. The number of anilines is 1. The Labute approximate surface area is 101 Å². The lowest BCUT2D eigenvalue weighted by Crippen LogP contribution is -2.32. The van der Waals surface area contributed by atoms with Crippen molar-refractivity contribution in [1.29, 1.82) is 0 Å². The lowest BCUT2D eigenvalue weighted by atomic mass is 10.0. The van der Waals surface area contributed by atoms with Crippen molar-refractivity contribution in [2.45, 2.75) is 25.8 Å². The average Bonchev–Trinajstić information content (AvgIpc) is 2.92. The first kappa shape index (κ1) is 10.6. The van der Waals surface area contributed by atoms with E-state index in [0.29, 0.717) is 12.2 Å². The minimum absolute atomic E-state index is 0.169. The minimum Gasteiger partial charge on any atom is -0.396 e. The number of rotatable bonds is 2. The van der Waals surface area contributed by atoms with Crippen LogP contribution >= 0.6 is 0 Å². The van der Waals surface area contributed by atoms with Crippen LogP contribution in [0.5, 0.6) is 0 Å². The molecule has 2 heterocycles. The van der Waals surface area contributed by atoms with E-state index in [4.69, 9.17) is 5.73 Å². The number of aromatic nitrogens is 2. The van der Waals surface area contributed by atoms with Crippen molar-refractivity contribution in [3.8, 4) is 0 Å². The van der Waals surface area contributed by atoms with Crippen LogP contribution in [0.15, 0.2) is 12.4 Å². The molecule has 2 aliphatic rings. The third kappa shape index (κ3) is 2.01. The Morgan fingerprint density at radius 2 is 2.12 bits per heavy atom. The molecular formula is C12H18N4O. The Morgan fingerprint density at radius 3 is 2.71 bits per heavy atom. The van der Waals surface area contributed by atoms with Crippen LogP contribution < -0.4 is 5.73 Å². The smallest absolute Gasteiger partial charge is 0.244 e. The summed E-state index contributed by atoms with van der Waals surface area (Å²) < 4.78 is 1.62. The topological polar surface area (TPSA) is 64.1 Å². The van der Waals surface area contributed by atoms with Crippen LogP contribution in [-0.4, -0.2) is 33.7 Å². The van der Waals surface area contributed by atoms with Crippen LogP contribution in [0, 0.1) is 11.8 Å². The van der Waals surface area contributed by atoms with E-state index in [2.05, 4.69) is 5.10 Å². The van der Waals surface area contributed by atoms with Crippen molar-refractivity contribution in [2.24, 2.45) is 11.8 Å². The number of carbonyl (C=O) groups is 1. The predicted octanol–water partition coefficient (Wildman–Crippen LogP) is 0.724. The van der Waals surface area contributed by atoms with Crippen LogP contribution in [-0.2, 0) is 11.3 Å². The summed E-state index contributed by atoms with van der Waals surface area (Å²) in [5, 5.41) is 4.04. The van der Waals surface area contributed by atoms with E-state index in [1.807, 2.05) is 4.90 Å². The van der Waals surface area contributed by atoms with Crippen LogP contribution in [0.1, 0.15) is 19.3 Å². The molecule has 5 nitrogen and oxygen atoms in total. The molecule has 1 saturated carbocycles. The summed E-state index contributed by atoms with van der Waals surface area (Å²) in [4.78, 5) is 14.1. The van der Waals surface area contributed by atoms with E-state index in [1.165, 1.54) is 19.3 Å². The summed E-state index contributed by atoms with van der Waals surface area (Å²) in [5.74, 6) is 1.67. The molecule has 0 aromatic carbocycles. The molecule has 1 aliphatic carbocycles. The molecule has 92 valence electrons. The van der Waals surface area contributed by atoms with Gasteiger partial charge in [0.15, 0.2) is 0 Å². The SMILES string of the molecule is Nc1cnn(CC(=O)N2CC3CCCC3C2)c1. The van der Waals surface area contributed by atoms with Gasteiger partial charge in [-0.3, -0.25) is 9.48 Å². The lowest BCUT2D eigenvalue weighted by Gasteiger charge is -2.17. The van der Waals surface area contributed by atoms with E-state index >= 15 is 0 Å². The molecule has 0 bridgehead atoms. The van der Waals surface area contributed by atoms with Gasteiger partial charge in [0, 0.05) is 19.3 Å². The molecule has 0 spiro atoms. The first-order valence-corrected chi connectivity index (χ1v) is 6.28. The zero-order valence-corrected chi connectivity index (χ0v) is 9.88. The second-order valence-electron chi connectivity index (χ2n) is 5.22. The van der Waals surface area contributed by atoms with Gasteiger partial charge in [0.05, 0.1) is 11.9 Å². The normalized spacial score (nSPS) is 27.4. The molecule has 0 radical (unpaired) electrons. The van der Waals surface area contributed by atoms with E-state index < -0.39 is 0 Å². The van der Waals surface area contributed by atoms with Crippen LogP contribution in [0.2, 0.25) is 0 Å². The van der Waals surface area contributed by atoms with Gasteiger partial charge in [0.25, 0.3) is 0 Å². The molecule has 1 saturated heterocycles.